The van der Waals surface area contributed by atoms with Crippen molar-refractivity contribution in [1.82, 2.24) is 44.8 Å². The van der Waals surface area contributed by atoms with Crippen LogP contribution in [0, 0.1) is 11.8 Å². The molecule has 0 radical (unpaired) electrons. The van der Waals surface area contributed by atoms with Gasteiger partial charge in [0, 0.05) is 65.6 Å². The van der Waals surface area contributed by atoms with Gasteiger partial charge in [-0.25, -0.2) is 0 Å². The Morgan fingerprint density at radius 1 is 0.327 bits per heavy atom. The molecule has 3 atom stereocenters. The highest BCUT2D eigenvalue weighted by Crippen LogP contribution is 2.23. The van der Waals surface area contributed by atoms with Crippen LogP contribution < -0.4 is 16.0 Å². The number of carbonyl (C=O) groups is 6. The highest BCUT2D eigenvalue weighted by atomic mass is 16.6. The van der Waals surface area contributed by atoms with Crippen molar-refractivity contribution in [3.63, 3.8) is 0 Å². The summed E-state index contributed by atoms with van der Waals surface area (Å²) in [7, 11) is 0.381. The summed E-state index contributed by atoms with van der Waals surface area (Å²) in [6.07, 6.45) is 45.7. The van der Waals surface area contributed by atoms with E-state index in [0.717, 1.165) is 207 Å². The molecule has 0 aromatic carbocycles. The van der Waals surface area contributed by atoms with Crippen molar-refractivity contribution in [2.24, 2.45) is 11.8 Å². The van der Waals surface area contributed by atoms with Crippen LogP contribution in [0.2, 0.25) is 40.9 Å². The molecule has 0 rings (SSSR count). The van der Waals surface area contributed by atoms with E-state index < -0.39 is 84.2 Å². The van der Waals surface area contributed by atoms with Gasteiger partial charge in [-0.2, -0.15) is 0 Å². The van der Waals surface area contributed by atoms with E-state index in [1.54, 1.807) is 34.2 Å². The molecule has 0 aromatic heterocycles. The lowest BCUT2D eigenvalue weighted by Gasteiger charge is -2.33. The van der Waals surface area contributed by atoms with Crippen molar-refractivity contribution in [2.75, 3.05) is 106 Å². The van der Waals surface area contributed by atoms with Crippen molar-refractivity contribution in [2.45, 2.75) is 363 Å². The van der Waals surface area contributed by atoms with Gasteiger partial charge in [-0.05, 0) is 203 Å². The molecule has 110 heavy (non-hydrogen) atoms. The lowest BCUT2D eigenvalue weighted by Crippen LogP contribution is -2.47. The first-order valence-corrected chi connectivity index (χ1v) is 44.4. The van der Waals surface area contributed by atoms with Gasteiger partial charge in [0.15, 0.2) is 6.10 Å². The van der Waals surface area contributed by atoms with E-state index in [1.807, 2.05) is 37.4 Å². The molecule has 0 heterocycles. The Morgan fingerprint density at radius 3 is 0.927 bits per heavy atom. The molecule has 0 aromatic rings. The van der Waals surface area contributed by atoms with Crippen LogP contribution in [-0.2, 0) is 43.0 Å². The van der Waals surface area contributed by atoms with Crippen LogP contribution in [0.5, 0.6) is 0 Å². The first-order chi connectivity index (χ1) is 52.7. The number of rotatable bonds is 79. The average molecular weight is 1560 g/mol. The minimum absolute atomic E-state index is 0.00473. The van der Waals surface area contributed by atoms with Crippen LogP contribution in [0.1, 0.15) is 310 Å². The summed E-state index contributed by atoms with van der Waals surface area (Å²) in [5.41, 5.74) is 0. The highest BCUT2D eigenvalue weighted by Gasteiger charge is 2.36. The van der Waals surface area contributed by atoms with E-state index in [9.17, 15) is 58.9 Å². The molecule has 3 amide bonds. The molecule has 0 fully saturated rings. The standard InChI is InChI=1S/C80H165B6N9O15/c1-71(76(109-73(3)97)56-68-108-72(2)96)79(110-74(4)98)80(101)89-59-46-39-34-30-26-28-32-36-43-54-77(99)87-57-44-38-33-29-25-23-21-19-17-15-13-14-16-18-20-22-24-27-31-35-42-55-78(100)88-58-45-40-37-41-53-75(69-94(85(9)106)64-49-47-62-92(83(7)104)66-51-60-90(11)81(5)102)70-95(86(10)107)65-50-48-63-93(84(8)105)67-52-61-91(12)82(6)103/h71,75-76,79,102-107H,13-70H2,1-12H3,(H,87,99)(H,88,100)(H,89,101)/t71-,76+,79+/m0/s1. The smallest absolute Gasteiger partial charge is 0.376 e. The van der Waals surface area contributed by atoms with E-state index in [-0.39, 0.29) is 30.8 Å². The van der Waals surface area contributed by atoms with Crippen LogP contribution in [0.3, 0.4) is 0 Å². The second-order valence-corrected chi connectivity index (χ2v) is 32.3. The molecule has 0 saturated carbocycles. The van der Waals surface area contributed by atoms with Crippen LogP contribution >= 0.6 is 0 Å². The zero-order valence-corrected chi connectivity index (χ0v) is 72.3. The largest absolute Gasteiger partial charge is 0.466 e. The number of unbranched alkanes of at least 4 members (excludes halogenated alkanes) is 33. The third-order valence-corrected chi connectivity index (χ3v) is 21.9. The molecular weight excluding hydrogens is 1390 g/mol. The lowest BCUT2D eigenvalue weighted by molar-refractivity contribution is -0.166. The van der Waals surface area contributed by atoms with Gasteiger partial charge in [0.05, 0.1) is 6.61 Å². The third kappa shape index (κ3) is 64.0. The highest BCUT2D eigenvalue weighted by molar-refractivity contribution is 6.46. The number of hydrogen-bond acceptors (Lipinski definition) is 21. The van der Waals surface area contributed by atoms with Gasteiger partial charge in [-0.1, -0.05) is 193 Å². The zero-order chi connectivity index (χ0) is 82.0. The Balaban J connectivity index is 4.21. The molecule has 0 spiro atoms. The van der Waals surface area contributed by atoms with Crippen LogP contribution in [0.25, 0.3) is 0 Å². The van der Waals surface area contributed by atoms with Crippen LogP contribution in [0.4, 0.5) is 0 Å². The van der Waals surface area contributed by atoms with E-state index in [0.29, 0.717) is 39.0 Å². The molecule has 30 heteroatoms. The Hall–Kier alpha value is -3.27. The zero-order valence-electron chi connectivity index (χ0n) is 72.3. The summed E-state index contributed by atoms with van der Waals surface area (Å²) in [5, 5.41) is 72.1. The van der Waals surface area contributed by atoms with Crippen molar-refractivity contribution in [1.29, 1.82) is 0 Å². The lowest BCUT2D eigenvalue weighted by atomic mass is 9.80. The number of nitrogens with one attached hydrogen (secondary N) is 3. The van der Waals surface area contributed by atoms with Gasteiger partial charge in [0.2, 0.25) is 11.8 Å². The predicted molar refractivity (Wildman–Crippen MR) is 457 cm³/mol. The Labute approximate surface area is 673 Å². The molecule has 0 aliphatic carbocycles. The SMILES string of the molecule is CB(O)N(C)CCCN(CCCCN(CC(CCCCCCNC(=O)CCCCCCCCCCCCCCCCCCCCCCCNC(=O)CCCCCCCCCCCNC(=O)[C@H](OC(C)=O)[C@@H](C)[C@@H](CCOC(C)=O)OC(C)=O)CN(CCCCN(CCCN(C)B(C)O)B(C)O)B(C)O)B(C)O)B(C)O. The van der Waals surface area contributed by atoms with Gasteiger partial charge in [-0.3, -0.25) is 28.8 Å². The summed E-state index contributed by atoms with van der Waals surface area (Å²) < 4.78 is 15.7. The van der Waals surface area contributed by atoms with E-state index in [4.69, 9.17) is 14.2 Å². The number of esters is 3. The molecular formula is C80H165B6N9O15. The molecule has 0 saturated heterocycles. The van der Waals surface area contributed by atoms with Gasteiger partial charge in [0.1, 0.15) is 6.10 Å². The minimum Gasteiger partial charge on any atom is -0.466 e. The van der Waals surface area contributed by atoms with Crippen molar-refractivity contribution >= 4 is 77.9 Å². The van der Waals surface area contributed by atoms with E-state index in [1.165, 1.54) is 136 Å². The maximum absolute atomic E-state index is 13.0. The summed E-state index contributed by atoms with van der Waals surface area (Å²) >= 11 is 0. The minimum atomic E-state index is -1.15. The van der Waals surface area contributed by atoms with Gasteiger partial charge in [-0.15, -0.1) is 0 Å². The first-order valence-electron chi connectivity index (χ1n) is 44.4. The number of amides is 3. The molecule has 0 aliphatic heterocycles. The number of hydrogen-bond donors (Lipinski definition) is 9. The fourth-order valence-corrected chi connectivity index (χ4v) is 14.4. The fourth-order valence-electron chi connectivity index (χ4n) is 14.4. The third-order valence-electron chi connectivity index (χ3n) is 21.9. The van der Waals surface area contributed by atoms with Crippen LogP contribution in [0.15, 0.2) is 0 Å². The molecule has 0 bridgehead atoms. The molecule has 638 valence electrons. The molecule has 9 N–H and O–H groups in total. The molecule has 0 unspecified atom stereocenters. The van der Waals surface area contributed by atoms with E-state index in [2.05, 4.69) is 35.2 Å². The second-order valence-electron chi connectivity index (χ2n) is 32.3. The molecule has 0 aliphatic rings. The summed E-state index contributed by atoms with van der Waals surface area (Å²) in [5.74, 6) is -2.18. The maximum Gasteiger partial charge on any atom is 0.376 e. The number of nitrogens with zero attached hydrogens (tertiary/aromatic N) is 6. The Bertz CT molecular complexity index is 2180. The first kappa shape index (κ1) is 107. The van der Waals surface area contributed by atoms with Crippen molar-refractivity contribution < 1.29 is 73.1 Å². The van der Waals surface area contributed by atoms with E-state index >= 15 is 0 Å². The average Bonchev–Trinajstić information content (AvgIpc) is 0.861. The van der Waals surface area contributed by atoms with Gasteiger partial charge in [0.25, 0.3) is 5.91 Å². The summed E-state index contributed by atoms with van der Waals surface area (Å²) in [6.45, 7) is 25.5. The predicted octanol–water partition coefficient (Wildman–Crippen LogP) is 11.9. The number of ether oxygens (including phenoxy) is 3. The maximum atomic E-state index is 13.0. The fraction of sp³-hybridized carbons (Fsp3) is 0.925. The van der Waals surface area contributed by atoms with Crippen molar-refractivity contribution in [3.8, 4) is 0 Å². The van der Waals surface area contributed by atoms with Crippen LogP contribution in [-0.4, -0.2) is 255 Å². The second kappa shape index (κ2) is 72.2. The van der Waals surface area contributed by atoms with Gasteiger partial charge >= 0.3 is 60.2 Å². The Morgan fingerprint density at radius 2 is 0.618 bits per heavy atom. The monoisotopic (exact) mass is 1560 g/mol. The topological polar surface area (TPSA) is 307 Å². The normalized spacial score (nSPS) is 12.5. The molecule has 24 nitrogen and oxygen atoms in total. The number of carbonyl (C=O) groups excluding carboxylic acids is 6. The summed E-state index contributed by atoms with van der Waals surface area (Å²) in [4.78, 5) is 85.2. The van der Waals surface area contributed by atoms with Gasteiger partial charge < -0.3 is 89.2 Å². The quantitative estimate of drug-likeness (QED) is 0.0118. The Kier molecular flexibility index (Phi) is 70.1. The van der Waals surface area contributed by atoms with Crippen molar-refractivity contribution in [3.05, 3.63) is 0 Å². The summed E-state index contributed by atoms with van der Waals surface area (Å²) in [6, 6.07) is 0.